The van der Waals surface area contributed by atoms with E-state index in [1.807, 2.05) is 45.3 Å². The van der Waals surface area contributed by atoms with Crippen LogP contribution in [-0.4, -0.2) is 0 Å². The summed E-state index contributed by atoms with van der Waals surface area (Å²) in [6.07, 6.45) is 88.5. The van der Waals surface area contributed by atoms with Crippen LogP contribution in [0.15, 0.2) is 72.8 Å². The fourth-order valence-corrected chi connectivity index (χ4v) is 26.5. The average molecular weight is 1640 g/mol. The highest BCUT2D eigenvalue weighted by atomic mass is 32.1. The molecule has 0 saturated heterocycles. The van der Waals surface area contributed by atoms with Gasteiger partial charge in [-0.05, 0) is 172 Å². The van der Waals surface area contributed by atoms with Gasteiger partial charge in [0, 0.05) is 78.0 Å². The van der Waals surface area contributed by atoms with Gasteiger partial charge in [0.1, 0.15) is 0 Å². The molecular weight excluding hydrogens is 1480 g/mol. The predicted molar refractivity (Wildman–Crippen MR) is 512 cm³/mol. The first-order valence-corrected chi connectivity index (χ1v) is 53.9. The maximum Gasteiger partial charge on any atom is 0.0481 e. The molecule has 614 valence electrons. The monoisotopic (exact) mass is 1640 g/mol. The van der Waals surface area contributed by atoms with Gasteiger partial charge in [-0.15, -0.1) is 90.7 Å². The summed E-state index contributed by atoms with van der Waals surface area (Å²) in [5.41, 5.74) is 6.48. The fraction of sp³-hybridized carbons (Fsp3) is 0.686. The molecule has 8 heterocycles. The molecule has 0 atom stereocenters. The molecule has 0 aliphatic heterocycles. The van der Waals surface area contributed by atoms with Crippen LogP contribution >= 0.6 is 90.7 Å². The van der Waals surface area contributed by atoms with E-state index in [-0.39, 0.29) is 0 Å². The number of aryl methyl sites for hydroxylation is 6. The quantitative estimate of drug-likeness (QED) is 0.0333. The molecule has 0 fully saturated rings. The maximum absolute atomic E-state index is 2.68. The Morgan fingerprint density at radius 3 is 0.527 bits per heavy atom. The van der Waals surface area contributed by atoms with Crippen LogP contribution in [0.2, 0.25) is 0 Å². The van der Waals surface area contributed by atoms with E-state index in [0.717, 1.165) is 0 Å². The van der Waals surface area contributed by atoms with Crippen LogP contribution in [0.3, 0.4) is 0 Å². The minimum absolute atomic E-state index is 1.19. The third kappa shape index (κ3) is 35.8. The normalized spacial score (nSPS) is 11.9. The number of rotatable bonds is 71. The Kier molecular flexibility index (Phi) is 50.2. The second kappa shape index (κ2) is 59.3. The molecule has 0 aliphatic rings. The van der Waals surface area contributed by atoms with Gasteiger partial charge in [0.2, 0.25) is 0 Å². The van der Waals surface area contributed by atoms with Crippen LogP contribution in [0.25, 0.3) is 68.3 Å². The number of hydrogen-bond donors (Lipinski definition) is 0. The van der Waals surface area contributed by atoms with Crippen molar-refractivity contribution in [3.63, 3.8) is 0 Å². The Labute approximate surface area is 709 Å². The Hall–Kier alpha value is -2.40. The fourth-order valence-electron chi connectivity index (χ4n) is 16.7. The van der Waals surface area contributed by atoms with Crippen molar-refractivity contribution in [2.75, 3.05) is 0 Å². The molecule has 0 radical (unpaired) electrons. The molecule has 0 saturated carbocycles. The van der Waals surface area contributed by atoms with Crippen molar-refractivity contribution in [2.24, 2.45) is 0 Å². The summed E-state index contributed by atoms with van der Waals surface area (Å²) >= 11 is 16.7. The van der Waals surface area contributed by atoms with Crippen LogP contribution in [0, 0.1) is 0 Å². The van der Waals surface area contributed by atoms with Gasteiger partial charge in [-0.25, -0.2) is 0 Å². The van der Waals surface area contributed by atoms with Gasteiger partial charge in [0.25, 0.3) is 0 Å². The van der Waals surface area contributed by atoms with E-state index in [9.17, 15) is 0 Å². The minimum atomic E-state index is 1.19. The van der Waals surface area contributed by atoms with Crippen molar-refractivity contribution < 1.29 is 0 Å². The zero-order valence-corrected chi connectivity index (χ0v) is 78.0. The summed E-state index contributed by atoms with van der Waals surface area (Å²) in [5, 5.41) is 0. The zero-order chi connectivity index (χ0) is 76.9. The molecule has 0 aliphatic carbocycles. The molecule has 0 amide bonds. The molecule has 8 heteroatoms. The van der Waals surface area contributed by atoms with Crippen molar-refractivity contribution in [3.8, 4) is 68.3 Å². The lowest BCUT2D eigenvalue weighted by atomic mass is 10.0. The van der Waals surface area contributed by atoms with Crippen molar-refractivity contribution in [3.05, 3.63) is 105 Å². The highest BCUT2D eigenvalue weighted by Gasteiger charge is 2.23. The second-order valence-corrected chi connectivity index (χ2v) is 42.3. The molecule has 0 bridgehead atoms. The van der Waals surface area contributed by atoms with E-state index < -0.39 is 0 Å². The topological polar surface area (TPSA) is 0 Å². The molecule has 0 N–H and O–H groups in total. The third-order valence-electron chi connectivity index (χ3n) is 23.6. The first kappa shape index (κ1) is 93.1. The molecule has 110 heavy (non-hydrogen) atoms. The summed E-state index contributed by atoms with van der Waals surface area (Å²) in [6, 6.07) is 30.3. The SMILES string of the molecule is CCCCCCCCCCCCCCCCCCCc1cc(CCCCCCCC)c(-c2cc(CCCCCCCC)c(-c3ccc(-c4ccc(-c5ccc(-c6ccc(-c7sc(-c8sc(CCCCCCCCCCCCCCCCCCC)cc8CCCCCCCC)cc7CCCCCCCC)s6)s5)s4)s3)s2)s1. The van der Waals surface area contributed by atoms with Crippen LogP contribution in [-0.2, 0) is 38.5 Å². The minimum Gasteiger partial charge on any atom is -0.139 e. The van der Waals surface area contributed by atoms with Gasteiger partial charge in [-0.2, -0.15) is 0 Å². The van der Waals surface area contributed by atoms with Crippen LogP contribution in [0.5, 0.6) is 0 Å². The molecule has 0 unspecified atom stereocenters. The van der Waals surface area contributed by atoms with E-state index in [1.54, 1.807) is 61.3 Å². The van der Waals surface area contributed by atoms with E-state index in [2.05, 4.69) is 160 Å². The molecular formula is C102H158S8. The molecule has 0 spiro atoms. The van der Waals surface area contributed by atoms with E-state index in [0.29, 0.717) is 0 Å². The first-order valence-electron chi connectivity index (χ1n) is 47.3. The molecule has 8 rings (SSSR count). The third-order valence-corrected chi connectivity index (χ3v) is 34.1. The summed E-state index contributed by atoms with van der Waals surface area (Å²) in [6.45, 7) is 14.0. The number of unbranched alkanes of at least 4 members (excludes halogenated alkanes) is 52. The first-order chi connectivity index (χ1) is 54.4. The lowest BCUT2D eigenvalue weighted by molar-refractivity contribution is 0.527. The lowest BCUT2D eigenvalue weighted by Gasteiger charge is -2.03. The predicted octanol–water partition coefficient (Wildman–Crippen LogP) is 39.8. The van der Waals surface area contributed by atoms with Crippen molar-refractivity contribution in [1.29, 1.82) is 0 Å². The van der Waals surface area contributed by atoms with Gasteiger partial charge in [-0.1, -0.05) is 375 Å². The van der Waals surface area contributed by atoms with E-state index >= 15 is 0 Å². The highest BCUT2D eigenvalue weighted by Crippen LogP contribution is 2.51. The van der Waals surface area contributed by atoms with Crippen LogP contribution in [0.1, 0.15) is 446 Å². The summed E-state index contributed by atoms with van der Waals surface area (Å²) < 4.78 is 0. The van der Waals surface area contributed by atoms with Crippen LogP contribution in [0.4, 0.5) is 0 Å². The standard InChI is InChI=1S/C102H158S8/c1-7-13-19-25-31-33-35-37-39-41-43-45-47-49-51-57-63-69-87-79-83(65-59-53-27-21-15-9-3)101(103-87)97-81-85(67-61-55-29-23-17-11-5)99(109-97)95-77-75-93(107-95)91-73-71-89(105-91)90-72-74-92(106-90)94-76-78-96(108-94)100-86(68-62-56-30-24-18-12-6)82-98(110-100)102-84(66-60-54-28-22-16-10-4)80-88(104-102)70-64-58-52-50-48-46-44-42-40-38-36-34-32-26-20-14-8-2/h71-82H,7-70H2,1-6H3. The van der Waals surface area contributed by atoms with Gasteiger partial charge < -0.3 is 0 Å². The Bertz CT molecular complexity index is 3280. The van der Waals surface area contributed by atoms with Crippen molar-refractivity contribution >= 4 is 90.7 Å². The molecule has 8 aromatic heterocycles. The molecule has 8 aromatic rings. The summed E-state index contributed by atoms with van der Waals surface area (Å²) in [5.74, 6) is 0. The largest absolute Gasteiger partial charge is 0.139 e. The summed E-state index contributed by atoms with van der Waals surface area (Å²) in [4.78, 5) is 24.0. The van der Waals surface area contributed by atoms with Crippen molar-refractivity contribution in [2.45, 2.75) is 452 Å². The zero-order valence-electron chi connectivity index (χ0n) is 71.4. The molecule has 0 aromatic carbocycles. The smallest absolute Gasteiger partial charge is 0.0481 e. The average Bonchev–Trinajstić information content (AvgIpc) is 1.64. The maximum atomic E-state index is 2.68. The van der Waals surface area contributed by atoms with Gasteiger partial charge in [-0.3, -0.25) is 0 Å². The van der Waals surface area contributed by atoms with Crippen LogP contribution < -0.4 is 0 Å². The van der Waals surface area contributed by atoms with E-state index in [1.165, 1.54) is 450 Å². The van der Waals surface area contributed by atoms with Gasteiger partial charge in [0.05, 0.1) is 0 Å². The highest BCUT2D eigenvalue weighted by molar-refractivity contribution is 7.31. The van der Waals surface area contributed by atoms with Gasteiger partial charge >= 0.3 is 0 Å². The van der Waals surface area contributed by atoms with Gasteiger partial charge in [0.15, 0.2) is 0 Å². The Morgan fingerprint density at radius 2 is 0.309 bits per heavy atom. The number of thiophene rings is 8. The molecule has 0 nitrogen and oxygen atoms in total. The Balaban J connectivity index is 0.908. The number of hydrogen-bond acceptors (Lipinski definition) is 8. The van der Waals surface area contributed by atoms with Crippen molar-refractivity contribution in [1.82, 2.24) is 0 Å². The summed E-state index contributed by atoms with van der Waals surface area (Å²) in [7, 11) is 0. The Morgan fingerprint density at radius 1 is 0.145 bits per heavy atom. The van der Waals surface area contributed by atoms with E-state index in [4.69, 9.17) is 0 Å². The second-order valence-electron chi connectivity index (χ2n) is 33.6. The lowest BCUT2D eigenvalue weighted by Crippen LogP contribution is -1.87.